The number of fused-ring (bicyclic) bond motifs is 2. The molecule has 0 aromatic heterocycles. The molecule has 0 aliphatic rings. The van der Waals surface area contributed by atoms with Crippen LogP contribution in [0.1, 0.15) is 60.5 Å². The van der Waals surface area contributed by atoms with Crippen LogP contribution in [0, 0.1) is 16.2 Å². The third-order valence-electron chi connectivity index (χ3n) is 6.22. The molecule has 0 fully saturated rings. The molecule has 1 atom stereocenters. The van der Waals surface area contributed by atoms with E-state index < -0.39 is 5.41 Å². The number of hydrogen-bond donors (Lipinski definition) is 0. The molecule has 3 rings (SSSR count). The van der Waals surface area contributed by atoms with Gasteiger partial charge in [0.05, 0.1) is 5.41 Å². The molecule has 29 heavy (non-hydrogen) atoms. The Hall–Kier alpha value is -2.35. The van der Waals surface area contributed by atoms with Crippen LogP contribution in [0.3, 0.4) is 0 Å². The topological polar surface area (TPSA) is 26.3 Å². The summed E-state index contributed by atoms with van der Waals surface area (Å²) in [5.41, 5.74) is 0.357. The molecular formula is C27H34O2. The fourth-order valence-corrected chi connectivity index (χ4v) is 4.26. The third kappa shape index (κ3) is 4.32. The van der Waals surface area contributed by atoms with Crippen LogP contribution >= 0.6 is 0 Å². The summed E-state index contributed by atoms with van der Waals surface area (Å²) in [6.07, 6.45) is 0.776. The van der Waals surface area contributed by atoms with Crippen LogP contribution < -0.4 is 0 Å². The van der Waals surface area contributed by atoms with E-state index in [-0.39, 0.29) is 23.4 Å². The number of rotatable bonds is 4. The van der Waals surface area contributed by atoms with Gasteiger partial charge in [-0.25, -0.2) is 0 Å². The molecule has 0 aliphatic carbocycles. The van der Waals surface area contributed by atoms with Gasteiger partial charge in [0, 0.05) is 5.56 Å². The number of ether oxygens (including phenoxy) is 1. The Kier molecular flexibility index (Phi) is 5.51. The quantitative estimate of drug-likeness (QED) is 0.340. The summed E-state index contributed by atoms with van der Waals surface area (Å²) >= 11 is 0. The highest BCUT2D eigenvalue weighted by molar-refractivity contribution is 6.02. The maximum Gasteiger partial charge on any atom is 0.312 e. The monoisotopic (exact) mass is 390 g/mol. The van der Waals surface area contributed by atoms with Crippen LogP contribution in [-0.4, -0.2) is 5.97 Å². The minimum Gasteiger partial charge on any atom is -0.460 e. The smallest absolute Gasteiger partial charge is 0.312 e. The predicted molar refractivity (Wildman–Crippen MR) is 123 cm³/mol. The first kappa shape index (κ1) is 21.4. The van der Waals surface area contributed by atoms with E-state index >= 15 is 0 Å². The summed E-state index contributed by atoms with van der Waals surface area (Å²) in [5.74, 6) is -0.114. The molecule has 0 saturated carbocycles. The van der Waals surface area contributed by atoms with E-state index in [1.54, 1.807) is 0 Å². The van der Waals surface area contributed by atoms with E-state index in [1.165, 1.54) is 10.8 Å². The number of carbonyl (C=O) groups excluding carboxylic acids is 1. The average Bonchev–Trinajstić information content (AvgIpc) is 2.62. The Balaban J connectivity index is 1.99. The maximum absolute atomic E-state index is 13.4. The van der Waals surface area contributed by atoms with E-state index in [2.05, 4.69) is 78.8 Å². The fraction of sp³-hybridized carbons (Fsp3) is 0.444. The SMILES string of the molecule is CC(C)(C)CC(C)(C(=O)OCc1c2ccccc2cc2ccccc12)C(C)(C)C. The van der Waals surface area contributed by atoms with Gasteiger partial charge in [0.15, 0.2) is 0 Å². The third-order valence-corrected chi connectivity index (χ3v) is 6.22. The fourth-order valence-electron chi connectivity index (χ4n) is 4.26. The number of benzene rings is 3. The van der Waals surface area contributed by atoms with Crippen molar-refractivity contribution in [3.8, 4) is 0 Å². The van der Waals surface area contributed by atoms with Crippen molar-refractivity contribution >= 4 is 27.5 Å². The lowest BCUT2D eigenvalue weighted by Crippen LogP contribution is -2.44. The van der Waals surface area contributed by atoms with Gasteiger partial charge >= 0.3 is 5.97 Å². The van der Waals surface area contributed by atoms with Gasteiger partial charge in [0.25, 0.3) is 0 Å². The van der Waals surface area contributed by atoms with Crippen molar-refractivity contribution in [2.45, 2.75) is 61.5 Å². The summed E-state index contributed by atoms with van der Waals surface area (Å²) in [6, 6.07) is 18.8. The van der Waals surface area contributed by atoms with Crippen molar-refractivity contribution in [2.24, 2.45) is 16.2 Å². The second-order valence-corrected chi connectivity index (χ2v) is 10.7. The van der Waals surface area contributed by atoms with Crippen molar-refractivity contribution in [2.75, 3.05) is 0 Å². The Morgan fingerprint density at radius 1 is 0.793 bits per heavy atom. The zero-order valence-electron chi connectivity index (χ0n) is 18.9. The van der Waals surface area contributed by atoms with Gasteiger partial charge in [-0.15, -0.1) is 0 Å². The van der Waals surface area contributed by atoms with E-state index in [4.69, 9.17) is 4.74 Å². The molecule has 0 aliphatic heterocycles. The number of esters is 1. The van der Waals surface area contributed by atoms with Crippen LogP contribution in [-0.2, 0) is 16.1 Å². The second kappa shape index (κ2) is 7.48. The van der Waals surface area contributed by atoms with E-state index in [1.807, 2.05) is 24.3 Å². The Morgan fingerprint density at radius 3 is 1.72 bits per heavy atom. The summed E-state index contributed by atoms with van der Waals surface area (Å²) < 4.78 is 6.04. The number of hydrogen-bond acceptors (Lipinski definition) is 2. The standard InChI is InChI=1S/C27H34O2/c1-25(2,3)18-27(7,26(4,5)6)24(28)29-17-23-21-14-10-8-12-19(21)16-20-13-9-11-15-22(20)23/h8-16H,17-18H2,1-7H3. The zero-order chi connectivity index (χ0) is 21.4. The van der Waals surface area contributed by atoms with Crippen molar-refractivity contribution in [3.63, 3.8) is 0 Å². The van der Waals surface area contributed by atoms with E-state index in [0.29, 0.717) is 0 Å². The molecule has 0 heterocycles. The van der Waals surface area contributed by atoms with Crippen molar-refractivity contribution < 1.29 is 9.53 Å². The van der Waals surface area contributed by atoms with Crippen LogP contribution in [0.25, 0.3) is 21.5 Å². The summed E-state index contributed by atoms with van der Waals surface area (Å²) in [4.78, 5) is 13.4. The molecule has 2 heteroatoms. The van der Waals surface area contributed by atoms with Crippen molar-refractivity contribution in [1.82, 2.24) is 0 Å². The highest BCUT2D eigenvalue weighted by Crippen LogP contribution is 2.47. The molecule has 0 amide bonds. The largest absolute Gasteiger partial charge is 0.460 e. The van der Waals surface area contributed by atoms with E-state index in [0.717, 1.165) is 22.8 Å². The van der Waals surface area contributed by atoms with Gasteiger partial charge in [-0.2, -0.15) is 0 Å². The van der Waals surface area contributed by atoms with Crippen molar-refractivity contribution in [3.05, 3.63) is 60.2 Å². The highest BCUT2D eigenvalue weighted by Gasteiger charge is 2.47. The molecule has 1 unspecified atom stereocenters. The zero-order valence-corrected chi connectivity index (χ0v) is 18.9. The first-order chi connectivity index (χ1) is 13.4. The van der Waals surface area contributed by atoms with Crippen LogP contribution in [0.15, 0.2) is 54.6 Å². The van der Waals surface area contributed by atoms with Crippen LogP contribution in [0.5, 0.6) is 0 Å². The molecule has 3 aromatic carbocycles. The van der Waals surface area contributed by atoms with Gasteiger partial charge < -0.3 is 4.74 Å². The van der Waals surface area contributed by atoms with Crippen LogP contribution in [0.4, 0.5) is 0 Å². The van der Waals surface area contributed by atoms with Gasteiger partial charge in [-0.3, -0.25) is 4.79 Å². The van der Waals surface area contributed by atoms with Gasteiger partial charge in [-0.1, -0.05) is 90.1 Å². The molecule has 0 bridgehead atoms. The average molecular weight is 391 g/mol. The molecular weight excluding hydrogens is 356 g/mol. The highest BCUT2D eigenvalue weighted by atomic mass is 16.5. The minimum absolute atomic E-state index is 0.0349. The Bertz CT molecular complexity index is 980. The lowest BCUT2D eigenvalue weighted by molar-refractivity contribution is -0.166. The van der Waals surface area contributed by atoms with E-state index in [9.17, 15) is 4.79 Å². The molecule has 2 nitrogen and oxygen atoms in total. The number of carbonyl (C=O) groups is 1. The van der Waals surface area contributed by atoms with Crippen LogP contribution in [0.2, 0.25) is 0 Å². The molecule has 0 spiro atoms. The Labute approximate surface area is 175 Å². The minimum atomic E-state index is -0.564. The van der Waals surface area contributed by atoms with Gasteiger partial charge in [0.1, 0.15) is 6.61 Å². The lowest BCUT2D eigenvalue weighted by atomic mass is 9.61. The molecule has 0 radical (unpaired) electrons. The second-order valence-electron chi connectivity index (χ2n) is 10.7. The Morgan fingerprint density at radius 2 is 1.28 bits per heavy atom. The maximum atomic E-state index is 13.4. The first-order valence-corrected chi connectivity index (χ1v) is 10.5. The van der Waals surface area contributed by atoms with Gasteiger partial charge in [0.2, 0.25) is 0 Å². The molecule has 154 valence electrons. The molecule has 0 saturated heterocycles. The summed E-state index contributed by atoms with van der Waals surface area (Å²) in [7, 11) is 0. The lowest BCUT2D eigenvalue weighted by Gasteiger charge is -2.43. The van der Waals surface area contributed by atoms with Gasteiger partial charge in [-0.05, 0) is 51.8 Å². The normalized spacial score (nSPS) is 14.7. The first-order valence-electron chi connectivity index (χ1n) is 10.5. The summed E-state index contributed by atoms with van der Waals surface area (Å²) in [6.45, 7) is 15.3. The molecule has 3 aromatic rings. The summed E-state index contributed by atoms with van der Waals surface area (Å²) in [5, 5.41) is 4.63. The van der Waals surface area contributed by atoms with Crippen molar-refractivity contribution in [1.29, 1.82) is 0 Å². The molecule has 0 N–H and O–H groups in total. The predicted octanol–water partition coefficient (Wildman–Crippen LogP) is 7.52.